The van der Waals surface area contributed by atoms with Crippen molar-refractivity contribution in [1.29, 1.82) is 0 Å². The van der Waals surface area contributed by atoms with E-state index < -0.39 is 0 Å². The summed E-state index contributed by atoms with van der Waals surface area (Å²) in [6.45, 7) is 7.66. The Kier molecular flexibility index (Phi) is 5.01. The molecule has 2 fully saturated rings. The summed E-state index contributed by atoms with van der Waals surface area (Å²) in [6, 6.07) is 6.94. The molecule has 1 aromatic rings. The Morgan fingerprint density at radius 1 is 1.10 bits per heavy atom. The second kappa shape index (κ2) is 7.16. The Morgan fingerprint density at radius 3 is 2.80 bits per heavy atom. The van der Waals surface area contributed by atoms with Crippen molar-refractivity contribution in [1.82, 2.24) is 14.8 Å². The van der Waals surface area contributed by atoms with Crippen LogP contribution in [0.15, 0.2) is 24.4 Å². The van der Waals surface area contributed by atoms with Crippen LogP contribution in [0, 0.1) is 0 Å². The van der Waals surface area contributed by atoms with E-state index in [0.29, 0.717) is 0 Å². The first-order valence-electron chi connectivity index (χ1n) is 7.86. The summed E-state index contributed by atoms with van der Waals surface area (Å²) in [6.07, 6.45) is 5.58. The van der Waals surface area contributed by atoms with Gasteiger partial charge >= 0.3 is 0 Å². The lowest BCUT2D eigenvalue weighted by Crippen LogP contribution is -2.41. The zero-order chi connectivity index (χ0) is 13.6. The van der Waals surface area contributed by atoms with Crippen LogP contribution in [0.25, 0.3) is 0 Å². The highest BCUT2D eigenvalue weighted by Gasteiger charge is 2.23. The minimum Gasteiger partial charge on any atom is -0.381 e. The summed E-state index contributed by atoms with van der Waals surface area (Å²) in [5.74, 6) is 0. The van der Waals surface area contributed by atoms with Crippen molar-refractivity contribution in [2.24, 2.45) is 0 Å². The van der Waals surface area contributed by atoms with Crippen molar-refractivity contribution >= 4 is 0 Å². The predicted octanol–water partition coefficient (Wildman–Crippen LogP) is 1.77. The molecule has 20 heavy (non-hydrogen) atoms. The van der Waals surface area contributed by atoms with Gasteiger partial charge in [-0.05, 0) is 44.5 Å². The Hall–Kier alpha value is -0.970. The molecule has 2 aliphatic heterocycles. The number of ether oxygens (including phenoxy) is 1. The maximum atomic E-state index is 5.48. The molecule has 2 aliphatic rings. The first-order chi connectivity index (χ1) is 9.92. The fraction of sp³-hybridized carbons (Fsp3) is 0.688. The summed E-state index contributed by atoms with van der Waals surface area (Å²) in [5.41, 5.74) is 1.19. The standard InChI is InChI=1S/C16H25N3O/c1-2-7-17-15(4-1)14-18-8-3-9-19(11-10-18)16-5-12-20-13-6-16/h1-2,4,7,16H,3,5-6,8-14H2. The number of hydrogen-bond acceptors (Lipinski definition) is 4. The van der Waals surface area contributed by atoms with Gasteiger partial charge in [0.2, 0.25) is 0 Å². The smallest absolute Gasteiger partial charge is 0.0543 e. The zero-order valence-corrected chi connectivity index (χ0v) is 12.2. The third kappa shape index (κ3) is 3.78. The Balaban J connectivity index is 1.51. The van der Waals surface area contributed by atoms with Crippen LogP contribution in [-0.4, -0.2) is 60.2 Å². The fourth-order valence-corrected chi connectivity index (χ4v) is 3.29. The van der Waals surface area contributed by atoms with Crippen LogP contribution in [0.2, 0.25) is 0 Å². The van der Waals surface area contributed by atoms with Gasteiger partial charge in [-0.2, -0.15) is 0 Å². The number of rotatable bonds is 3. The third-order valence-corrected chi connectivity index (χ3v) is 4.44. The number of nitrogens with zero attached hydrogens (tertiary/aromatic N) is 3. The van der Waals surface area contributed by atoms with Crippen LogP contribution in [0.3, 0.4) is 0 Å². The van der Waals surface area contributed by atoms with Crippen molar-refractivity contribution in [3.05, 3.63) is 30.1 Å². The first kappa shape index (κ1) is 14.0. The molecule has 0 unspecified atom stereocenters. The molecular formula is C16H25N3O. The van der Waals surface area contributed by atoms with E-state index in [9.17, 15) is 0 Å². The summed E-state index contributed by atoms with van der Waals surface area (Å²) in [7, 11) is 0. The third-order valence-electron chi connectivity index (χ3n) is 4.44. The van der Waals surface area contributed by atoms with Gasteiger partial charge in [0, 0.05) is 45.1 Å². The molecule has 0 aromatic carbocycles. The van der Waals surface area contributed by atoms with Gasteiger partial charge < -0.3 is 4.74 Å². The van der Waals surface area contributed by atoms with E-state index in [-0.39, 0.29) is 0 Å². The van der Waals surface area contributed by atoms with Gasteiger partial charge in [0.1, 0.15) is 0 Å². The fourth-order valence-electron chi connectivity index (χ4n) is 3.29. The molecule has 0 bridgehead atoms. The Labute approximate surface area is 121 Å². The van der Waals surface area contributed by atoms with Gasteiger partial charge in [-0.1, -0.05) is 6.07 Å². The summed E-state index contributed by atoms with van der Waals surface area (Å²) in [4.78, 5) is 9.67. The minimum atomic E-state index is 0.749. The molecule has 3 rings (SSSR count). The van der Waals surface area contributed by atoms with Gasteiger partial charge in [-0.3, -0.25) is 14.8 Å². The molecule has 2 saturated heterocycles. The lowest BCUT2D eigenvalue weighted by Gasteiger charge is -2.33. The zero-order valence-electron chi connectivity index (χ0n) is 12.2. The highest BCUT2D eigenvalue weighted by Crippen LogP contribution is 2.17. The number of pyridine rings is 1. The largest absolute Gasteiger partial charge is 0.381 e. The van der Waals surface area contributed by atoms with Crippen LogP contribution in [-0.2, 0) is 11.3 Å². The van der Waals surface area contributed by atoms with E-state index in [2.05, 4.69) is 26.9 Å². The molecule has 0 spiro atoms. The number of hydrogen-bond donors (Lipinski definition) is 0. The quantitative estimate of drug-likeness (QED) is 0.840. The van der Waals surface area contributed by atoms with Crippen LogP contribution in [0.1, 0.15) is 25.0 Å². The lowest BCUT2D eigenvalue weighted by atomic mass is 10.1. The molecule has 0 amide bonds. The summed E-state index contributed by atoms with van der Waals surface area (Å²) < 4.78 is 5.48. The lowest BCUT2D eigenvalue weighted by molar-refractivity contribution is 0.0353. The van der Waals surface area contributed by atoms with Gasteiger partial charge in [-0.15, -0.1) is 0 Å². The average molecular weight is 275 g/mol. The average Bonchev–Trinajstić information content (AvgIpc) is 2.75. The van der Waals surface area contributed by atoms with Crippen molar-refractivity contribution in [3.63, 3.8) is 0 Å². The second-order valence-electron chi connectivity index (χ2n) is 5.83. The molecule has 4 heteroatoms. The number of aromatic nitrogens is 1. The minimum absolute atomic E-state index is 0.749. The molecule has 0 atom stereocenters. The molecule has 0 radical (unpaired) electrons. The molecule has 0 saturated carbocycles. The maximum absolute atomic E-state index is 5.48. The van der Waals surface area contributed by atoms with Crippen molar-refractivity contribution in [2.75, 3.05) is 39.4 Å². The SMILES string of the molecule is c1ccc(CN2CCCN(C3CCOCC3)CC2)nc1. The van der Waals surface area contributed by atoms with Crippen LogP contribution in [0.4, 0.5) is 0 Å². The molecule has 0 aliphatic carbocycles. The van der Waals surface area contributed by atoms with E-state index in [0.717, 1.165) is 32.3 Å². The van der Waals surface area contributed by atoms with E-state index in [1.807, 2.05) is 12.3 Å². The van der Waals surface area contributed by atoms with E-state index in [1.54, 1.807) is 0 Å². The van der Waals surface area contributed by atoms with Crippen molar-refractivity contribution < 1.29 is 4.74 Å². The highest BCUT2D eigenvalue weighted by molar-refractivity contribution is 5.03. The normalized spacial score (nSPS) is 23.6. The van der Waals surface area contributed by atoms with E-state index in [4.69, 9.17) is 4.74 Å². The van der Waals surface area contributed by atoms with E-state index >= 15 is 0 Å². The molecule has 110 valence electrons. The van der Waals surface area contributed by atoms with E-state index in [1.165, 1.54) is 44.6 Å². The molecule has 3 heterocycles. The van der Waals surface area contributed by atoms with Gasteiger partial charge in [-0.25, -0.2) is 0 Å². The highest BCUT2D eigenvalue weighted by atomic mass is 16.5. The molecule has 0 N–H and O–H groups in total. The maximum Gasteiger partial charge on any atom is 0.0543 e. The van der Waals surface area contributed by atoms with Crippen molar-refractivity contribution in [3.8, 4) is 0 Å². The Bertz CT molecular complexity index is 392. The topological polar surface area (TPSA) is 28.6 Å². The second-order valence-corrected chi connectivity index (χ2v) is 5.83. The Morgan fingerprint density at radius 2 is 2.00 bits per heavy atom. The van der Waals surface area contributed by atoms with Crippen LogP contribution in [0.5, 0.6) is 0 Å². The van der Waals surface area contributed by atoms with Crippen molar-refractivity contribution in [2.45, 2.75) is 31.8 Å². The summed E-state index contributed by atoms with van der Waals surface area (Å²) in [5, 5.41) is 0. The summed E-state index contributed by atoms with van der Waals surface area (Å²) >= 11 is 0. The molecular weight excluding hydrogens is 250 g/mol. The predicted molar refractivity (Wildman–Crippen MR) is 79.5 cm³/mol. The van der Waals surface area contributed by atoms with Gasteiger partial charge in [0.15, 0.2) is 0 Å². The van der Waals surface area contributed by atoms with Gasteiger partial charge in [0.05, 0.1) is 5.69 Å². The van der Waals surface area contributed by atoms with Gasteiger partial charge in [0.25, 0.3) is 0 Å². The monoisotopic (exact) mass is 275 g/mol. The first-order valence-corrected chi connectivity index (χ1v) is 7.86. The van der Waals surface area contributed by atoms with Crippen LogP contribution >= 0.6 is 0 Å². The molecule has 1 aromatic heterocycles. The van der Waals surface area contributed by atoms with Crippen LogP contribution < -0.4 is 0 Å². The molecule has 4 nitrogen and oxygen atoms in total.